The van der Waals surface area contributed by atoms with E-state index in [-0.39, 0.29) is 18.8 Å². The highest BCUT2D eigenvalue weighted by molar-refractivity contribution is 7.89. The quantitative estimate of drug-likeness (QED) is 0.534. The molecule has 0 saturated carbocycles. The standard InChI is InChI=1S/C10H21NO5S/c1-2-16-8-9-17(14,15)11-7-5-3-4-6-10(12)13/h11H,2-9H2,1H3,(H,12,13). The zero-order valence-corrected chi connectivity index (χ0v) is 11.0. The lowest BCUT2D eigenvalue weighted by Gasteiger charge is -2.06. The fourth-order valence-corrected chi connectivity index (χ4v) is 2.13. The summed E-state index contributed by atoms with van der Waals surface area (Å²) < 4.78 is 30.1. The highest BCUT2D eigenvalue weighted by Crippen LogP contribution is 1.99. The zero-order chi connectivity index (χ0) is 13.1. The summed E-state index contributed by atoms with van der Waals surface area (Å²) in [6.07, 6.45) is 2.08. The van der Waals surface area contributed by atoms with Crippen molar-refractivity contribution in [1.29, 1.82) is 0 Å². The van der Waals surface area contributed by atoms with Gasteiger partial charge >= 0.3 is 5.97 Å². The van der Waals surface area contributed by atoms with Crippen LogP contribution in [0.1, 0.15) is 32.6 Å². The lowest BCUT2D eigenvalue weighted by Crippen LogP contribution is -2.29. The second kappa shape index (κ2) is 9.38. The average molecular weight is 267 g/mol. The number of unbranched alkanes of at least 4 members (excludes halogenated alkanes) is 2. The number of aliphatic carboxylic acids is 1. The van der Waals surface area contributed by atoms with Crippen LogP contribution in [0.4, 0.5) is 0 Å². The summed E-state index contributed by atoms with van der Waals surface area (Å²) in [5.74, 6) is -0.849. The maximum Gasteiger partial charge on any atom is 0.303 e. The Labute approximate surface area is 102 Å². The van der Waals surface area contributed by atoms with E-state index in [0.29, 0.717) is 32.4 Å². The van der Waals surface area contributed by atoms with E-state index in [1.54, 1.807) is 0 Å². The number of carboxylic acid groups (broad SMARTS) is 1. The molecule has 0 aliphatic carbocycles. The van der Waals surface area contributed by atoms with Gasteiger partial charge in [-0.1, -0.05) is 6.42 Å². The topological polar surface area (TPSA) is 92.7 Å². The van der Waals surface area contributed by atoms with Gasteiger partial charge in [-0.25, -0.2) is 13.1 Å². The fraction of sp³-hybridized carbons (Fsp3) is 0.900. The Kier molecular flexibility index (Phi) is 9.01. The molecule has 0 atom stereocenters. The molecule has 0 fully saturated rings. The number of hydrogen-bond acceptors (Lipinski definition) is 4. The van der Waals surface area contributed by atoms with Crippen molar-refractivity contribution in [2.45, 2.75) is 32.6 Å². The summed E-state index contributed by atoms with van der Waals surface area (Å²) in [7, 11) is -3.25. The van der Waals surface area contributed by atoms with Gasteiger partial charge < -0.3 is 9.84 Å². The molecule has 6 nitrogen and oxygen atoms in total. The summed E-state index contributed by atoms with van der Waals surface area (Å²) >= 11 is 0. The minimum atomic E-state index is -3.25. The molecule has 17 heavy (non-hydrogen) atoms. The molecular weight excluding hydrogens is 246 g/mol. The number of carbonyl (C=O) groups is 1. The van der Waals surface area contributed by atoms with Crippen molar-refractivity contribution in [3.8, 4) is 0 Å². The van der Waals surface area contributed by atoms with E-state index in [1.807, 2.05) is 6.92 Å². The number of ether oxygens (including phenoxy) is 1. The van der Waals surface area contributed by atoms with Crippen LogP contribution < -0.4 is 4.72 Å². The first kappa shape index (κ1) is 16.3. The van der Waals surface area contributed by atoms with E-state index in [9.17, 15) is 13.2 Å². The van der Waals surface area contributed by atoms with Gasteiger partial charge in [0.05, 0.1) is 12.4 Å². The molecule has 0 unspecified atom stereocenters. The predicted molar refractivity (Wildman–Crippen MR) is 64.4 cm³/mol. The van der Waals surface area contributed by atoms with Crippen LogP contribution in [0.15, 0.2) is 0 Å². The molecule has 0 spiro atoms. The van der Waals surface area contributed by atoms with E-state index in [2.05, 4.69) is 4.72 Å². The highest BCUT2D eigenvalue weighted by Gasteiger charge is 2.08. The Morgan fingerprint density at radius 1 is 1.29 bits per heavy atom. The Hall–Kier alpha value is -0.660. The van der Waals surface area contributed by atoms with Gasteiger partial charge in [-0.05, 0) is 19.8 Å². The summed E-state index contributed by atoms with van der Waals surface area (Å²) in [5.41, 5.74) is 0. The fourth-order valence-electron chi connectivity index (χ4n) is 1.19. The molecule has 0 saturated heterocycles. The van der Waals surface area contributed by atoms with E-state index < -0.39 is 16.0 Å². The molecule has 0 heterocycles. The van der Waals surface area contributed by atoms with Gasteiger partial charge in [-0.15, -0.1) is 0 Å². The lowest BCUT2D eigenvalue weighted by atomic mass is 10.2. The second-order valence-electron chi connectivity index (χ2n) is 3.61. The maximum absolute atomic E-state index is 11.4. The van der Waals surface area contributed by atoms with Crippen molar-refractivity contribution in [3.05, 3.63) is 0 Å². The minimum Gasteiger partial charge on any atom is -0.481 e. The molecule has 0 aliphatic rings. The molecular formula is C10H21NO5S. The zero-order valence-electron chi connectivity index (χ0n) is 10.1. The smallest absolute Gasteiger partial charge is 0.303 e. The lowest BCUT2D eigenvalue weighted by molar-refractivity contribution is -0.137. The summed E-state index contributed by atoms with van der Waals surface area (Å²) in [4.78, 5) is 10.2. The molecule has 0 aliphatic heterocycles. The van der Waals surface area contributed by atoms with Gasteiger partial charge in [0.2, 0.25) is 10.0 Å². The van der Waals surface area contributed by atoms with Crippen LogP contribution >= 0.6 is 0 Å². The molecule has 0 aromatic carbocycles. The van der Waals surface area contributed by atoms with Crippen LogP contribution in [0, 0.1) is 0 Å². The van der Waals surface area contributed by atoms with E-state index >= 15 is 0 Å². The van der Waals surface area contributed by atoms with E-state index in [0.717, 1.165) is 0 Å². The second-order valence-corrected chi connectivity index (χ2v) is 5.54. The SMILES string of the molecule is CCOCCS(=O)(=O)NCCCCCC(=O)O. The molecule has 0 aromatic heterocycles. The van der Waals surface area contributed by atoms with Gasteiger partial charge in [0.15, 0.2) is 0 Å². The summed E-state index contributed by atoms with van der Waals surface area (Å²) in [6.45, 7) is 2.87. The molecule has 2 N–H and O–H groups in total. The van der Waals surface area contributed by atoms with Gasteiger partial charge in [-0.3, -0.25) is 4.79 Å². The number of nitrogens with one attached hydrogen (secondary N) is 1. The minimum absolute atomic E-state index is 0.0318. The molecule has 7 heteroatoms. The Bertz CT molecular complexity index is 302. The Morgan fingerprint density at radius 3 is 2.59 bits per heavy atom. The third kappa shape index (κ3) is 11.6. The van der Waals surface area contributed by atoms with Crippen LogP contribution in [0.2, 0.25) is 0 Å². The highest BCUT2D eigenvalue weighted by atomic mass is 32.2. The molecule has 0 bridgehead atoms. The first-order valence-corrected chi connectivity index (χ1v) is 7.40. The van der Waals surface area contributed by atoms with Crippen molar-refractivity contribution >= 4 is 16.0 Å². The van der Waals surface area contributed by atoms with E-state index in [4.69, 9.17) is 9.84 Å². The number of hydrogen-bond donors (Lipinski definition) is 2. The van der Waals surface area contributed by atoms with Gasteiger partial charge in [0.25, 0.3) is 0 Å². The molecule has 102 valence electrons. The summed E-state index contributed by atoms with van der Waals surface area (Å²) in [6, 6.07) is 0. The predicted octanol–water partition coefficient (Wildman–Crippen LogP) is 0.587. The normalized spacial score (nSPS) is 11.6. The third-order valence-corrected chi connectivity index (χ3v) is 3.44. The van der Waals surface area contributed by atoms with Gasteiger partial charge in [0.1, 0.15) is 0 Å². The van der Waals surface area contributed by atoms with Crippen molar-refractivity contribution < 1.29 is 23.1 Å². The van der Waals surface area contributed by atoms with Gasteiger partial charge in [-0.2, -0.15) is 0 Å². The number of sulfonamides is 1. The molecule has 0 aromatic rings. The third-order valence-electron chi connectivity index (χ3n) is 2.09. The molecule has 0 radical (unpaired) electrons. The largest absolute Gasteiger partial charge is 0.481 e. The average Bonchev–Trinajstić information content (AvgIpc) is 2.23. The van der Waals surface area contributed by atoms with Crippen molar-refractivity contribution in [1.82, 2.24) is 4.72 Å². The number of carboxylic acids is 1. The Balaban J connectivity index is 3.49. The first-order chi connectivity index (χ1) is 7.98. The van der Waals surface area contributed by atoms with Crippen LogP contribution in [0.5, 0.6) is 0 Å². The van der Waals surface area contributed by atoms with Crippen molar-refractivity contribution in [2.75, 3.05) is 25.5 Å². The number of rotatable bonds is 11. The Morgan fingerprint density at radius 2 is 2.00 bits per heavy atom. The van der Waals surface area contributed by atoms with Gasteiger partial charge in [0, 0.05) is 19.6 Å². The van der Waals surface area contributed by atoms with Crippen LogP contribution in [0.3, 0.4) is 0 Å². The van der Waals surface area contributed by atoms with Crippen LogP contribution in [-0.4, -0.2) is 45.0 Å². The maximum atomic E-state index is 11.4. The van der Waals surface area contributed by atoms with Crippen LogP contribution in [0.25, 0.3) is 0 Å². The van der Waals surface area contributed by atoms with E-state index in [1.165, 1.54) is 0 Å². The van der Waals surface area contributed by atoms with Crippen molar-refractivity contribution in [3.63, 3.8) is 0 Å². The van der Waals surface area contributed by atoms with Crippen molar-refractivity contribution in [2.24, 2.45) is 0 Å². The first-order valence-electron chi connectivity index (χ1n) is 5.75. The van der Waals surface area contributed by atoms with Crippen LogP contribution in [-0.2, 0) is 19.6 Å². The monoisotopic (exact) mass is 267 g/mol. The molecule has 0 rings (SSSR count). The summed E-state index contributed by atoms with van der Waals surface area (Å²) in [5, 5.41) is 8.39. The molecule has 0 amide bonds.